The van der Waals surface area contributed by atoms with E-state index in [4.69, 9.17) is 5.11 Å². The number of amides is 2. The van der Waals surface area contributed by atoms with Gasteiger partial charge in [-0.05, 0) is 54.6 Å². The number of aromatic nitrogens is 1. The molecular weight excluding hydrogens is 338 g/mol. The number of aliphatic carboxylic acids is 1. The number of carboxylic acid groups (broad SMARTS) is 1. The molecule has 3 N–H and O–H groups in total. The molecule has 1 fully saturated rings. The Morgan fingerprint density at radius 3 is 2.62 bits per heavy atom. The highest BCUT2D eigenvalue weighted by atomic mass is 79.9. The molecule has 1 saturated carbocycles. The smallest absolute Gasteiger partial charge is 0.319 e. The first-order chi connectivity index (χ1) is 9.95. The number of pyridine rings is 1. The number of nitrogens with one attached hydrogen (secondary N) is 2. The summed E-state index contributed by atoms with van der Waals surface area (Å²) in [6, 6.07) is 1.54. The minimum absolute atomic E-state index is 0.0287. The third kappa shape index (κ3) is 4.42. The first kappa shape index (κ1) is 15.8. The van der Waals surface area contributed by atoms with Crippen LogP contribution in [0.3, 0.4) is 0 Å². The highest BCUT2D eigenvalue weighted by molar-refractivity contribution is 9.10. The van der Waals surface area contributed by atoms with Gasteiger partial charge < -0.3 is 15.7 Å². The van der Waals surface area contributed by atoms with Crippen LogP contribution in [0.4, 0.5) is 10.5 Å². The molecule has 7 heteroatoms. The van der Waals surface area contributed by atoms with Gasteiger partial charge in [-0.25, -0.2) is 4.79 Å². The Balaban J connectivity index is 1.85. The zero-order chi connectivity index (χ0) is 15.4. The van der Waals surface area contributed by atoms with Gasteiger partial charge in [0.15, 0.2) is 0 Å². The quantitative estimate of drug-likeness (QED) is 0.777. The molecule has 0 radical (unpaired) electrons. The summed E-state index contributed by atoms with van der Waals surface area (Å²) in [5.41, 5.74) is 1.39. The highest BCUT2D eigenvalue weighted by Gasteiger charge is 2.26. The van der Waals surface area contributed by atoms with Crippen molar-refractivity contribution in [2.24, 2.45) is 5.92 Å². The van der Waals surface area contributed by atoms with Gasteiger partial charge in [0.05, 0.1) is 17.3 Å². The Hall–Kier alpha value is -1.63. The molecule has 0 aliphatic heterocycles. The number of hydrogen-bond acceptors (Lipinski definition) is 3. The molecule has 1 aliphatic rings. The maximum Gasteiger partial charge on any atom is 0.319 e. The van der Waals surface area contributed by atoms with Crippen molar-refractivity contribution in [3.8, 4) is 0 Å². The second-order valence-corrected chi connectivity index (χ2v) is 6.19. The lowest BCUT2D eigenvalue weighted by Crippen LogP contribution is -2.41. The molecule has 2 rings (SSSR count). The standard InChI is InChI=1S/C14H18BrN3O3/c1-8-12(6-10(15)7-16-8)18-14(21)17-11-4-2-9(3-5-11)13(19)20/h6-7,9,11H,2-5H2,1H3,(H,19,20)(H2,17,18,21). The average molecular weight is 356 g/mol. The molecule has 0 saturated heterocycles. The lowest BCUT2D eigenvalue weighted by molar-refractivity contribution is -0.142. The fourth-order valence-corrected chi connectivity index (χ4v) is 2.79. The van der Waals surface area contributed by atoms with Gasteiger partial charge in [-0.1, -0.05) is 0 Å². The summed E-state index contributed by atoms with van der Waals surface area (Å²) in [4.78, 5) is 27.0. The average Bonchev–Trinajstić information content (AvgIpc) is 2.43. The summed E-state index contributed by atoms with van der Waals surface area (Å²) in [5.74, 6) is -1.02. The SMILES string of the molecule is Cc1ncc(Br)cc1NC(=O)NC1CCC(C(=O)O)CC1. The minimum Gasteiger partial charge on any atom is -0.481 e. The number of nitrogens with zero attached hydrogens (tertiary/aromatic N) is 1. The van der Waals surface area contributed by atoms with Gasteiger partial charge in [0, 0.05) is 16.7 Å². The summed E-state index contributed by atoms with van der Waals surface area (Å²) in [6.45, 7) is 1.82. The molecule has 0 atom stereocenters. The second-order valence-electron chi connectivity index (χ2n) is 5.27. The maximum atomic E-state index is 12.0. The van der Waals surface area contributed by atoms with Gasteiger partial charge in [-0.2, -0.15) is 0 Å². The predicted octanol–water partition coefficient (Wildman–Crippen LogP) is 2.92. The molecular formula is C14H18BrN3O3. The molecule has 2 amide bonds. The van der Waals surface area contributed by atoms with Crippen LogP contribution in [0.15, 0.2) is 16.7 Å². The topological polar surface area (TPSA) is 91.3 Å². The fourth-order valence-electron chi connectivity index (χ4n) is 2.46. The van der Waals surface area contributed by atoms with E-state index in [9.17, 15) is 9.59 Å². The molecule has 0 aromatic carbocycles. The van der Waals surface area contributed by atoms with E-state index in [1.54, 1.807) is 12.3 Å². The summed E-state index contributed by atoms with van der Waals surface area (Å²) in [6.07, 6.45) is 4.28. The largest absolute Gasteiger partial charge is 0.481 e. The van der Waals surface area contributed by atoms with Crippen LogP contribution in [-0.4, -0.2) is 28.1 Å². The molecule has 1 aromatic heterocycles. The monoisotopic (exact) mass is 355 g/mol. The van der Waals surface area contributed by atoms with E-state index in [0.29, 0.717) is 31.4 Å². The van der Waals surface area contributed by atoms with Crippen LogP contribution in [0.2, 0.25) is 0 Å². The maximum absolute atomic E-state index is 12.0. The van der Waals surface area contributed by atoms with Crippen molar-refractivity contribution >= 4 is 33.6 Å². The third-order valence-electron chi connectivity index (χ3n) is 3.71. The van der Waals surface area contributed by atoms with E-state index >= 15 is 0 Å². The Labute approximate surface area is 131 Å². The summed E-state index contributed by atoms with van der Waals surface area (Å²) in [7, 11) is 0. The van der Waals surface area contributed by atoms with Crippen molar-refractivity contribution in [2.75, 3.05) is 5.32 Å². The van der Waals surface area contributed by atoms with Crippen LogP contribution in [0.1, 0.15) is 31.4 Å². The zero-order valence-electron chi connectivity index (χ0n) is 11.7. The number of carbonyl (C=O) groups is 2. The first-order valence-electron chi connectivity index (χ1n) is 6.88. The van der Waals surface area contributed by atoms with E-state index in [-0.39, 0.29) is 18.0 Å². The molecule has 0 unspecified atom stereocenters. The molecule has 114 valence electrons. The Kier molecular flexibility index (Phi) is 5.17. The molecule has 0 bridgehead atoms. The highest BCUT2D eigenvalue weighted by Crippen LogP contribution is 2.24. The Bertz CT molecular complexity index is 542. The number of aryl methyl sites for hydroxylation is 1. The second kappa shape index (κ2) is 6.89. The predicted molar refractivity (Wildman–Crippen MR) is 82.2 cm³/mol. The minimum atomic E-state index is -0.742. The van der Waals surface area contributed by atoms with E-state index in [1.165, 1.54) is 0 Å². The van der Waals surface area contributed by atoms with E-state index in [0.717, 1.165) is 10.2 Å². The van der Waals surface area contributed by atoms with Crippen LogP contribution in [-0.2, 0) is 4.79 Å². The van der Waals surface area contributed by atoms with Crippen LogP contribution < -0.4 is 10.6 Å². The normalized spacial score (nSPS) is 21.6. The molecule has 1 aliphatic carbocycles. The van der Waals surface area contributed by atoms with Crippen LogP contribution in [0, 0.1) is 12.8 Å². The number of anilines is 1. The van der Waals surface area contributed by atoms with Gasteiger partial charge in [0.2, 0.25) is 0 Å². The Morgan fingerprint density at radius 1 is 1.33 bits per heavy atom. The number of hydrogen-bond donors (Lipinski definition) is 3. The van der Waals surface area contributed by atoms with Gasteiger partial charge in [-0.3, -0.25) is 9.78 Å². The van der Waals surface area contributed by atoms with E-state index < -0.39 is 5.97 Å². The van der Waals surface area contributed by atoms with Crippen molar-refractivity contribution in [2.45, 2.75) is 38.6 Å². The lowest BCUT2D eigenvalue weighted by atomic mass is 9.86. The lowest BCUT2D eigenvalue weighted by Gasteiger charge is -2.26. The summed E-state index contributed by atoms with van der Waals surface area (Å²) in [5, 5.41) is 14.6. The number of halogens is 1. The van der Waals surface area contributed by atoms with Crippen molar-refractivity contribution in [1.82, 2.24) is 10.3 Å². The number of rotatable bonds is 3. The number of urea groups is 1. The van der Waals surface area contributed by atoms with Crippen LogP contribution in [0.25, 0.3) is 0 Å². The summed E-state index contributed by atoms with van der Waals surface area (Å²) < 4.78 is 0.797. The van der Waals surface area contributed by atoms with Gasteiger partial charge in [0.25, 0.3) is 0 Å². The van der Waals surface area contributed by atoms with Crippen molar-refractivity contribution < 1.29 is 14.7 Å². The molecule has 0 spiro atoms. The van der Waals surface area contributed by atoms with Crippen molar-refractivity contribution in [3.63, 3.8) is 0 Å². The number of carboxylic acids is 1. The van der Waals surface area contributed by atoms with E-state index in [1.807, 2.05) is 6.92 Å². The van der Waals surface area contributed by atoms with Crippen molar-refractivity contribution in [1.29, 1.82) is 0 Å². The Morgan fingerprint density at radius 2 is 2.00 bits per heavy atom. The molecule has 6 nitrogen and oxygen atoms in total. The summed E-state index contributed by atoms with van der Waals surface area (Å²) >= 11 is 3.32. The van der Waals surface area contributed by atoms with Gasteiger partial charge in [-0.15, -0.1) is 0 Å². The molecule has 1 aromatic rings. The van der Waals surface area contributed by atoms with E-state index in [2.05, 4.69) is 31.5 Å². The zero-order valence-corrected chi connectivity index (χ0v) is 13.3. The van der Waals surface area contributed by atoms with Gasteiger partial charge in [0.1, 0.15) is 0 Å². The number of carbonyl (C=O) groups excluding carboxylic acids is 1. The van der Waals surface area contributed by atoms with Crippen LogP contribution in [0.5, 0.6) is 0 Å². The third-order valence-corrected chi connectivity index (χ3v) is 4.15. The molecule has 1 heterocycles. The van der Waals surface area contributed by atoms with Crippen molar-refractivity contribution in [3.05, 3.63) is 22.4 Å². The van der Waals surface area contributed by atoms with Crippen LogP contribution >= 0.6 is 15.9 Å². The fraction of sp³-hybridized carbons (Fsp3) is 0.500. The first-order valence-corrected chi connectivity index (χ1v) is 7.67. The molecule has 21 heavy (non-hydrogen) atoms. The van der Waals surface area contributed by atoms with Gasteiger partial charge >= 0.3 is 12.0 Å².